The molecule has 3 heterocycles. The van der Waals surface area contributed by atoms with Crippen molar-refractivity contribution in [3.63, 3.8) is 0 Å². The van der Waals surface area contributed by atoms with Crippen molar-refractivity contribution < 1.29 is 5.11 Å². The van der Waals surface area contributed by atoms with Crippen LogP contribution in [-0.4, -0.2) is 44.6 Å². The van der Waals surface area contributed by atoms with Gasteiger partial charge in [-0.2, -0.15) is 5.10 Å². The number of aliphatic hydroxyl groups excluding tert-OH is 1. The number of fused-ring (bicyclic) bond motifs is 1. The Morgan fingerprint density at radius 3 is 2.74 bits per heavy atom. The third-order valence-corrected chi connectivity index (χ3v) is 6.20. The Morgan fingerprint density at radius 1 is 1.22 bits per heavy atom. The molecule has 146 valence electrons. The van der Waals surface area contributed by atoms with Crippen LogP contribution >= 0.6 is 0 Å². The molecule has 0 bridgehead atoms. The highest BCUT2D eigenvalue weighted by atomic mass is 16.3. The standard InChI is InChI=1S/C20H30N6O/c1-14-16(11-23-25(14)2)10-21-18-4-3-5-19-17(18)12-22-20(24-19)26-8-6-15(13-27)7-9-26/h11-12,15,18,21,27H,3-10,13H2,1-2H3. The van der Waals surface area contributed by atoms with E-state index in [4.69, 9.17) is 4.98 Å². The first kappa shape index (κ1) is 18.4. The molecule has 2 aliphatic rings. The Labute approximate surface area is 160 Å². The molecule has 2 aromatic rings. The molecule has 7 nitrogen and oxygen atoms in total. The smallest absolute Gasteiger partial charge is 0.225 e. The van der Waals surface area contributed by atoms with E-state index in [9.17, 15) is 5.11 Å². The Bertz CT molecular complexity index is 781. The predicted octanol–water partition coefficient (Wildman–Crippen LogP) is 1.89. The van der Waals surface area contributed by atoms with Crippen LogP contribution in [0.1, 0.15) is 54.2 Å². The van der Waals surface area contributed by atoms with E-state index < -0.39 is 0 Å². The van der Waals surface area contributed by atoms with E-state index in [0.717, 1.165) is 57.7 Å². The molecule has 1 atom stereocenters. The third-order valence-electron chi connectivity index (χ3n) is 6.20. The minimum Gasteiger partial charge on any atom is -0.396 e. The van der Waals surface area contributed by atoms with Crippen LogP contribution in [0.3, 0.4) is 0 Å². The minimum absolute atomic E-state index is 0.294. The summed E-state index contributed by atoms with van der Waals surface area (Å²) in [6.07, 6.45) is 9.32. The number of nitrogens with zero attached hydrogens (tertiary/aromatic N) is 5. The van der Waals surface area contributed by atoms with Gasteiger partial charge in [-0.1, -0.05) is 0 Å². The van der Waals surface area contributed by atoms with Crippen LogP contribution in [0, 0.1) is 12.8 Å². The van der Waals surface area contributed by atoms with E-state index >= 15 is 0 Å². The maximum Gasteiger partial charge on any atom is 0.225 e. The molecule has 4 rings (SSSR count). The van der Waals surface area contributed by atoms with E-state index in [1.165, 1.54) is 22.5 Å². The topological polar surface area (TPSA) is 79.1 Å². The minimum atomic E-state index is 0.294. The van der Waals surface area contributed by atoms with E-state index in [1.807, 2.05) is 24.1 Å². The maximum absolute atomic E-state index is 9.32. The summed E-state index contributed by atoms with van der Waals surface area (Å²) in [7, 11) is 1.98. The number of hydrogen-bond acceptors (Lipinski definition) is 6. The molecule has 2 aromatic heterocycles. The summed E-state index contributed by atoms with van der Waals surface area (Å²) in [5, 5.41) is 17.3. The van der Waals surface area contributed by atoms with Crippen LogP contribution in [0.15, 0.2) is 12.4 Å². The van der Waals surface area contributed by atoms with Gasteiger partial charge in [-0.3, -0.25) is 4.68 Å². The SMILES string of the molecule is Cc1c(CNC2CCCc3nc(N4CCC(CO)CC4)ncc32)cnn1C. The van der Waals surface area contributed by atoms with Crippen molar-refractivity contribution in [3.05, 3.63) is 34.9 Å². The number of piperidine rings is 1. The highest BCUT2D eigenvalue weighted by molar-refractivity contribution is 5.36. The first-order chi connectivity index (χ1) is 13.2. The quantitative estimate of drug-likeness (QED) is 0.837. The van der Waals surface area contributed by atoms with Crippen molar-refractivity contribution >= 4 is 5.95 Å². The van der Waals surface area contributed by atoms with Gasteiger partial charge in [-0.25, -0.2) is 9.97 Å². The van der Waals surface area contributed by atoms with Gasteiger partial charge >= 0.3 is 0 Å². The number of hydrogen-bond donors (Lipinski definition) is 2. The van der Waals surface area contributed by atoms with Gasteiger partial charge in [0.15, 0.2) is 0 Å². The van der Waals surface area contributed by atoms with Gasteiger partial charge in [-0.05, 0) is 44.9 Å². The summed E-state index contributed by atoms with van der Waals surface area (Å²) in [6.45, 7) is 5.09. The third kappa shape index (κ3) is 3.84. The first-order valence-corrected chi connectivity index (χ1v) is 10.1. The summed E-state index contributed by atoms with van der Waals surface area (Å²) in [6, 6.07) is 0.308. The molecule has 0 aromatic carbocycles. The molecular formula is C20H30N6O. The second kappa shape index (κ2) is 7.94. The van der Waals surface area contributed by atoms with Gasteiger partial charge in [0, 0.05) is 62.3 Å². The number of aliphatic hydroxyl groups is 1. The van der Waals surface area contributed by atoms with Crippen LogP contribution < -0.4 is 10.2 Å². The molecule has 1 aliphatic carbocycles. The van der Waals surface area contributed by atoms with Gasteiger partial charge in [0.2, 0.25) is 5.95 Å². The fourth-order valence-corrected chi connectivity index (χ4v) is 4.17. The van der Waals surface area contributed by atoms with Crippen molar-refractivity contribution in [2.24, 2.45) is 13.0 Å². The lowest BCUT2D eigenvalue weighted by molar-refractivity contribution is 0.202. The Balaban J connectivity index is 1.44. The van der Waals surface area contributed by atoms with Crippen molar-refractivity contribution in [2.75, 3.05) is 24.6 Å². The van der Waals surface area contributed by atoms with Crippen LogP contribution in [-0.2, 0) is 20.0 Å². The number of aryl methyl sites for hydroxylation is 2. The Kier molecular flexibility index (Phi) is 5.41. The molecule has 7 heteroatoms. The molecule has 1 saturated heterocycles. The largest absolute Gasteiger partial charge is 0.396 e. The van der Waals surface area contributed by atoms with Gasteiger partial charge in [0.05, 0.1) is 11.9 Å². The fourth-order valence-electron chi connectivity index (χ4n) is 4.17. The van der Waals surface area contributed by atoms with Gasteiger partial charge in [-0.15, -0.1) is 0 Å². The molecule has 1 aliphatic heterocycles. The van der Waals surface area contributed by atoms with Gasteiger partial charge in [0.1, 0.15) is 0 Å². The molecule has 1 unspecified atom stereocenters. The van der Waals surface area contributed by atoms with Crippen LogP contribution in [0.5, 0.6) is 0 Å². The summed E-state index contributed by atoms with van der Waals surface area (Å²) < 4.78 is 1.92. The number of nitrogens with one attached hydrogen (secondary N) is 1. The van der Waals surface area contributed by atoms with Gasteiger partial charge < -0.3 is 15.3 Å². The van der Waals surface area contributed by atoms with Gasteiger partial charge in [0.25, 0.3) is 0 Å². The normalized spacial score (nSPS) is 20.7. The van der Waals surface area contributed by atoms with Crippen molar-refractivity contribution in [1.82, 2.24) is 25.1 Å². The molecule has 2 N–H and O–H groups in total. The van der Waals surface area contributed by atoms with Crippen LogP contribution in [0.25, 0.3) is 0 Å². The Morgan fingerprint density at radius 2 is 2.04 bits per heavy atom. The zero-order chi connectivity index (χ0) is 18.8. The molecular weight excluding hydrogens is 340 g/mol. The van der Waals surface area contributed by atoms with Crippen molar-refractivity contribution in [1.29, 1.82) is 0 Å². The molecule has 0 radical (unpaired) electrons. The maximum atomic E-state index is 9.32. The molecule has 0 saturated carbocycles. The fraction of sp³-hybridized carbons (Fsp3) is 0.650. The number of aromatic nitrogens is 4. The second-order valence-electron chi connectivity index (χ2n) is 7.89. The number of anilines is 1. The average Bonchev–Trinajstić information content (AvgIpc) is 3.04. The molecule has 0 amide bonds. The summed E-state index contributed by atoms with van der Waals surface area (Å²) in [4.78, 5) is 11.9. The Hall–Kier alpha value is -1.99. The second-order valence-corrected chi connectivity index (χ2v) is 7.89. The summed E-state index contributed by atoms with van der Waals surface area (Å²) in [5.74, 6) is 1.29. The highest BCUT2D eigenvalue weighted by Gasteiger charge is 2.25. The zero-order valence-corrected chi connectivity index (χ0v) is 16.4. The van der Waals surface area contributed by atoms with E-state index in [1.54, 1.807) is 0 Å². The molecule has 27 heavy (non-hydrogen) atoms. The average molecular weight is 371 g/mol. The lowest BCUT2D eigenvalue weighted by atomic mass is 9.92. The predicted molar refractivity (Wildman–Crippen MR) is 105 cm³/mol. The van der Waals surface area contributed by atoms with Crippen LogP contribution in [0.2, 0.25) is 0 Å². The zero-order valence-electron chi connectivity index (χ0n) is 16.4. The summed E-state index contributed by atoms with van der Waals surface area (Å²) >= 11 is 0. The molecule has 1 fully saturated rings. The number of rotatable bonds is 5. The lowest BCUT2D eigenvalue weighted by Gasteiger charge is -2.32. The van der Waals surface area contributed by atoms with Crippen LogP contribution in [0.4, 0.5) is 5.95 Å². The van der Waals surface area contributed by atoms with Crippen molar-refractivity contribution in [3.8, 4) is 0 Å². The monoisotopic (exact) mass is 370 g/mol. The summed E-state index contributed by atoms with van der Waals surface area (Å²) in [5.41, 5.74) is 4.89. The highest BCUT2D eigenvalue weighted by Crippen LogP contribution is 2.30. The van der Waals surface area contributed by atoms with Crippen molar-refractivity contribution in [2.45, 2.75) is 51.6 Å². The first-order valence-electron chi connectivity index (χ1n) is 10.1. The lowest BCUT2D eigenvalue weighted by Crippen LogP contribution is -2.36. The van der Waals surface area contributed by atoms with E-state index in [2.05, 4.69) is 27.2 Å². The van der Waals surface area contributed by atoms with E-state index in [-0.39, 0.29) is 0 Å². The van der Waals surface area contributed by atoms with E-state index in [0.29, 0.717) is 18.6 Å². The molecule has 0 spiro atoms.